The Labute approximate surface area is 106 Å². The van der Waals surface area contributed by atoms with Crippen molar-refractivity contribution in [2.24, 2.45) is 0 Å². The van der Waals surface area contributed by atoms with Gasteiger partial charge in [-0.2, -0.15) is 0 Å². The van der Waals surface area contributed by atoms with Crippen LogP contribution in [-0.4, -0.2) is 14.1 Å². The molecule has 0 atom stereocenters. The highest BCUT2D eigenvalue weighted by Crippen LogP contribution is 2.34. The van der Waals surface area contributed by atoms with Crippen LogP contribution < -0.4 is 9.64 Å². The lowest BCUT2D eigenvalue weighted by Crippen LogP contribution is -2.09. The summed E-state index contributed by atoms with van der Waals surface area (Å²) in [5, 5.41) is 8.81. The number of ether oxygens (including phenoxy) is 1. The first-order valence-corrected chi connectivity index (χ1v) is 5.60. The zero-order valence-electron chi connectivity index (χ0n) is 10.4. The number of diazo groups is 1. The zero-order chi connectivity index (χ0) is 13.0. The van der Waals surface area contributed by atoms with Gasteiger partial charge in [0, 0.05) is 20.2 Å². The molecule has 2 aromatic rings. The molecule has 0 heterocycles. The second-order valence-corrected chi connectivity index (χ2v) is 4.06. The average molecular weight is 240 g/mol. The van der Waals surface area contributed by atoms with Crippen LogP contribution in [0.15, 0.2) is 48.5 Å². The molecule has 90 valence electrons. The van der Waals surface area contributed by atoms with Gasteiger partial charge in [-0.1, -0.05) is 18.2 Å². The van der Waals surface area contributed by atoms with Gasteiger partial charge in [-0.3, -0.25) is 0 Å². The maximum atomic E-state index is 8.81. The van der Waals surface area contributed by atoms with Crippen molar-refractivity contribution in [3.05, 3.63) is 53.5 Å². The fraction of sp³-hybridized carbons (Fsp3) is 0.143. The van der Waals surface area contributed by atoms with Crippen LogP contribution in [0, 0.1) is 5.39 Å². The predicted molar refractivity (Wildman–Crippen MR) is 72.0 cm³/mol. The van der Waals surface area contributed by atoms with Crippen molar-refractivity contribution in [1.29, 1.82) is 5.39 Å². The minimum Gasteiger partial charge on any atom is -0.455 e. The summed E-state index contributed by atoms with van der Waals surface area (Å²) in [6.07, 6.45) is 0. The average Bonchev–Trinajstić information content (AvgIpc) is 2.39. The summed E-state index contributed by atoms with van der Waals surface area (Å²) < 4.78 is 5.80. The van der Waals surface area contributed by atoms with Crippen LogP contribution in [0.4, 0.5) is 11.4 Å². The van der Waals surface area contributed by atoms with Crippen LogP contribution in [0.25, 0.3) is 4.98 Å². The predicted octanol–water partition coefficient (Wildman–Crippen LogP) is 4.03. The molecule has 4 heteroatoms. The topological polar surface area (TPSA) is 40.6 Å². The van der Waals surface area contributed by atoms with Gasteiger partial charge < -0.3 is 9.64 Å². The van der Waals surface area contributed by atoms with Gasteiger partial charge in [-0.05, 0) is 18.2 Å². The van der Waals surface area contributed by atoms with E-state index in [1.54, 1.807) is 12.1 Å². The monoisotopic (exact) mass is 240 g/mol. The van der Waals surface area contributed by atoms with Gasteiger partial charge in [-0.15, -0.1) is 0 Å². The zero-order valence-corrected chi connectivity index (χ0v) is 10.4. The summed E-state index contributed by atoms with van der Waals surface area (Å²) in [6.45, 7) is 0. The Morgan fingerprint density at radius 3 is 2.39 bits per heavy atom. The van der Waals surface area contributed by atoms with Crippen molar-refractivity contribution in [3.8, 4) is 11.5 Å². The summed E-state index contributed by atoms with van der Waals surface area (Å²) in [5.74, 6) is 1.40. The van der Waals surface area contributed by atoms with Crippen LogP contribution in [-0.2, 0) is 0 Å². The summed E-state index contributed by atoms with van der Waals surface area (Å²) >= 11 is 0. The molecule has 0 aliphatic carbocycles. The first-order chi connectivity index (χ1) is 8.70. The first kappa shape index (κ1) is 11.9. The highest BCUT2D eigenvalue weighted by molar-refractivity contribution is 5.65. The highest BCUT2D eigenvalue weighted by Gasteiger charge is 2.13. The van der Waals surface area contributed by atoms with E-state index in [-0.39, 0.29) is 0 Å². The summed E-state index contributed by atoms with van der Waals surface area (Å²) in [4.78, 5) is 5.12. The molecule has 0 spiro atoms. The smallest absolute Gasteiger partial charge is 0.388 e. The molecule has 0 aliphatic heterocycles. The maximum Gasteiger partial charge on any atom is 0.388 e. The summed E-state index contributed by atoms with van der Waals surface area (Å²) in [6, 6.07) is 14.8. The molecule has 2 rings (SSSR count). The van der Waals surface area contributed by atoms with Crippen LogP contribution in [0.1, 0.15) is 0 Å². The van der Waals surface area contributed by atoms with E-state index >= 15 is 0 Å². The lowest BCUT2D eigenvalue weighted by atomic mass is 10.2. The fourth-order valence-electron chi connectivity index (χ4n) is 1.63. The Hall–Kier alpha value is -2.54. The van der Waals surface area contributed by atoms with Gasteiger partial charge >= 0.3 is 5.69 Å². The van der Waals surface area contributed by atoms with Crippen LogP contribution in [0.3, 0.4) is 0 Å². The summed E-state index contributed by atoms with van der Waals surface area (Å²) in [7, 11) is 3.87. The van der Waals surface area contributed by atoms with E-state index in [1.807, 2.05) is 55.4 Å². The number of benzene rings is 2. The molecule has 2 aromatic carbocycles. The Bertz CT molecular complexity index is 573. The van der Waals surface area contributed by atoms with E-state index in [2.05, 4.69) is 4.98 Å². The molecule has 0 bridgehead atoms. The Morgan fingerprint density at radius 1 is 1.06 bits per heavy atom. The Kier molecular flexibility index (Phi) is 3.44. The number of hydrogen-bond donors (Lipinski definition) is 0. The SMILES string of the molecule is CN(C)c1ccc([N+]#N)cc1Oc1ccccc1. The van der Waals surface area contributed by atoms with E-state index in [0.717, 1.165) is 11.4 Å². The van der Waals surface area contributed by atoms with Crippen molar-refractivity contribution in [3.63, 3.8) is 0 Å². The molecule has 0 radical (unpaired) electrons. The molecule has 0 aromatic heterocycles. The highest BCUT2D eigenvalue weighted by atomic mass is 16.5. The van der Waals surface area contributed by atoms with Gasteiger partial charge in [0.05, 0.1) is 11.8 Å². The number of hydrogen-bond acceptors (Lipinski definition) is 3. The van der Waals surface area contributed by atoms with Gasteiger partial charge in [-0.25, -0.2) is 0 Å². The van der Waals surface area contributed by atoms with E-state index in [1.165, 1.54) is 0 Å². The lowest BCUT2D eigenvalue weighted by molar-refractivity contribution is 0.483. The quantitative estimate of drug-likeness (QED) is 0.760. The minimum atomic E-state index is 0.464. The van der Waals surface area contributed by atoms with E-state index in [0.29, 0.717) is 11.4 Å². The molecule has 0 saturated heterocycles. The van der Waals surface area contributed by atoms with Crippen molar-refractivity contribution in [2.45, 2.75) is 0 Å². The molecule has 0 unspecified atom stereocenters. The Balaban J connectivity index is 2.39. The second kappa shape index (κ2) is 5.19. The lowest BCUT2D eigenvalue weighted by Gasteiger charge is -2.16. The van der Waals surface area contributed by atoms with E-state index in [4.69, 9.17) is 10.1 Å². The number of anilines is 1. The summed E-state index contributed by atoms with van der Waals surface area (Å²) in [5.41, 5.74) is 1.39. The second-order valence-electron chi connectivity index (χ2n) is 4.06. The number of para-hydroxylation sites is 1. The molecule has 0 N–H and O–H groups in total. The van der Waals surface area contributed by atoms with Gasteiger partial charge in [0.15, 0.2) is 10.7 Å². The van der Waals surface area contributed by atoms with Crippen molar-refractivity contribution < 1.29 is 4.74 Å². The van der Waals surface area contributed by atoms with E-state index < -0.39 is 0 Å². The third-order valence-corrected chi connectivity index (χ3v) is 2.51. The first-order valence-electron chi connectivity index (χ1n) is 5.60. The van der Waals surface area contributed by atoms with Crippen molar-refractivity contribution in [2.75, 3.05) is 19.0 Å². The van der Waals surface area contributed by atoms with Crippen molar-refractivity contribution >= 4 is 11.4 Å². The fourth-order valence-corrected chi connectivity index (χ4v) is 1.63. The minimum absolute atomic E-state index is 0.464. The van der Waals surface area contributed by atoms with E-state index in [9.17, 15) is 0 Å². The molecular weight excluding hydrogens is 226 g/mol. The molecule has 4 nitrogen and oxygen atoms in total. The number of nitrogens with zero attached hydrogens (tertiary/aromatic N) is 3. The molecule has 0 fully saturated rings. The van der Waals surface area contributed by atoms with Crippen LogP contribution in [0.2, 0.25) is 0 Å². The molecule has 0 amide bonds. The van der Waals surface area contributed by atoms with Gasteiger partial charge in [0.25, 0.3) is 0 Å². The third kappa shape index (κ3) is 2.58. The van der Waals surface area contributed by atoms with Crippen molar-refractivity contribution in [1.82, 2.24) is 0 Å². The number of rotatable bonds is 3. The van der Waals surface area contributed by atoms with Gasteiger partial charge in [0.1, 0.15) is 5.75 Å². The Morgan fingerprint density at radius 2 is 1.78 bits per heavy atom. The van der Waals surface area contributed by atoms with Gasteiger partial charge in [0.2, 0.25) is 5.39 Å². The molecule has 0 saturated carbocycles. The molecule has 0 aliphatic rings. The third-order valence-electron chi connectivity index (χ3n) is 2.51. The normalized spacial score (nSPS) is 9.61. The van der Waals surface area contributed by atoms with Crippen LogP contribution >= 0.6 is 0 Å². The molecule has 18 heavy (non-hydrogen) atoms. The largest absolute Gasteiger partial charge is 0.455 e. The maximum absolute atomic E-state index is 8.81. The van der Waals surface area contributed by atoms with Crippen LogP contribution in [0.5, 0.6) is 11.5 Å². The standard InChI is InChI=1S/C14H14N3O/c1-17(2)13-9-8-11(16-15)10-14(13)18-12-6-4-3-5-7-12/h3-10H,1-2H3/q+1. The molecular formula is C14H14N3O+.